The highest BCUT2D eigenvalue weighted by atomic mass is 16.6. The molecule has 1 aromatic rings. The topological polar surface area (TPSA) is 58.6 Å². The molecule has 0 radical (unpaired) electrons. The third-order valence-electron chi connectivity index (χ3n) is 3.61. The smallest absolute Gasteiger partial charge is 0.311 e. The lowest BCUT2D eigenvalue weighted by molar-refractivity contribution is -0.150. The lowest BCUT2D eigenvalue weighted by Gasteiger charge is -2.23. The van der Waals surface area contributed by atoms with Crippen LogP contribution in [0.4, 0.5) is 0 Å². The average molecular weight is 249 g/mol. The summed E-state index contributed by atoms with van der Waals surface area (Å²) in [7, 11) is 0. The zero-order chi connectivity index (χ0) is 12.8. The number of carboxylic acid groups (broad SMARTS) is 1. The lowest BCUT2D eigenvalue weighted by atomic mass is 9.87. The first-order valence-electron chi connectivity index (χ1n) is 6.35. The molecule has 0 saturated heterocycles. The van der Waals surface area contributed by atoms with Gasteiger partial charge in [0.25, 0.3) is 0 Å². The molecule has 0 heterocycles. The first-order valence-corrected chi connectivity index (χ1v) is 6.35. The Morgan fingerprint density at radius 3 is 2.56 bits per heavy atom. The summed E-state index contributed by atoms with van der Waals surface area (Å²) in [5, 5.41) is 9.28. The van der Waals surface area contributed by atoms with Crippen molar-refractivity contribution >= 4 is 5.97 Å². The van der Waals surface area contributed by atoms with Crippen molar-refractivity contribution < 1.29 is 14.7 Å². The Bertz CT molecular complexity index is 385. The quantitative estimate of drug-likeness (QED) is 0.600. The minimum atomic E-state index is -0.712. The van der Waals surface area contributed by atoms with Crippen molar-refractivity contribution in [1.29, 1.82) is 0 Å². The van der Waals surface area contributed by atoms with Gasteiger partial charge in [-0.05, 0) is 18.4 Å². The molecule has 0 atom stereocenters. The van der Waals surface area contributed by atoms with Crippen molar-refractivity contribution in [2.45, 2.75) is 32.3 Å². The number of hydroxylamine groups is 1. The van der Waals surface area contributed by atoms with Crippen LogP contribution in [-0.2, 0) is 16.2 Å². The van der Waals surface area contributed by atoms with Crippen LogP contribution in [0, 0.1) is 5.41 Å². The van der Waals surface area contributed by atoms with Crippen molar-refractivity contribution in [3.63, 3.8) is 0 Å². The predicted octanol–water partition coefficient (Wildman–Crippen LogP) is 2.35. The van der Waals surface area contributed by atoms with E-state index in [0.717, 1.165) is 31.2 Å². The Morgan fingerprint density at radius 2 is 1.94 bits per heavy atom. The second kappa shape index (κ2) is 5.98. The van der Waals surface area contributed by atoms with Gasteiger partial charge in [-0.1, -0.05) is 43.2 Å². The van der Waals surface area contributed by atoms with Crippen LogP contribution in [0.25, 0.3) is 0 Å². The summed E-state index contributed by atoms with van der Waals surface area (Å²) in [5.74, 6) is -0.712. The molecule has 1 saturated carbocycles. The number of hydrogen-bond acceptors (Lipinski definition) is 3. The van der Waals surface area contributed by atoms with E-state index in [0.29, 0.717) is 13.2 Å². The van der Waals surface area contributed by atoms with Gasteiger partial charge in [-0.25, -0.2) is 5.48 Å². The van der Waals surface area contributed by atoms with E-state index in [2.05, 4.69) is 5.48 Å². The van der Waals surface area contributed by atoms with Gasteiger partial charge in [-0.3, -0.25) is 9.63 Å². The van der Waals surface area contributed by atoms with Crippen LogP contribution in [0.2, 0.25) is 0 Å². The lowest BCUT2D eigenvalue weighted by Crippen LogP contribution is -2.38. The highest BCUT2D eigenvalue weighted by Gasteiger charge is 2.41. The minimum absolute atomic E-state index is 0.384. The summed E-state index contributed by atoms with van der Waals surface area (Å²) in [6.45, 7) is 0.839. The second-order valence-corrected chi connectivity index (χ2v) is 4.89. The molecular weight excluding hydrogens is 230 g/mol. The second-order valence-electron chi connectivity index (χ2n) is 4.89. The minimum Gasteiger partial charge on any atom is -0.481 e. The fourth-order valence-corrected chi connectivity index (χ4v) is 2.42. The largest absolute Gasteiger partial charge is 0.481 e. The summed E-state index contributed by atoms with van der Waals surface area (Å²) in [6, 6.07) is 9.81. The molecule has 98 valence electrons. The number of nitrogens with one attached hydrogen (secondary N) is 1. The molecule has 0 amide bonds. The molecule has 0 aromatic heterocycles. The van der Waals surface area contributed by atoms with E-state index in [-0.39, 0.29) is 0 Å². The zero-order valence-corrected chi connectivity index (χ0v) is 10.4. The molecule has 0 aliphatic heterocycles. The van der Waals surface area contributed by atoms with Gasteiger partial charge >= 0.3 is 5.97 Å². The van der Waals surface area contributed by atoms with E-state index in [9.17, 15) is 9.90 Å². The average Bonchev–Trinajstić information content (AvgIpc) is 2.86. The molecule has 0 spiro atoms. The molecule has 2 N–H and O–H groups in total. The fraction of sp³-hybridized carbons (Fsp3) is 0.500. The fourth-order valence-electron chi connectivity index (χ4n) is 2.42. The first kappa shape index (κ1) is 13.1. The van der Waals surface area contributed by atoms with Gasteiger partial charge in [0.15, 0.2) is 0 Å². The van der Waals surface area contributed by atoms with Crippen LogP contribution < -0.4 is 5.48 Å². The summed E-state index contributed by atoms with van der Waals surface area (Å²) in [6.07, 6.45) is 3.47. The number of hydrogen-bond donors (Lipinski definition) is 2. The van der Waals surface area contributed by atoms with E-state index in [1.807, 2.05) is 30.3 Å². The molecule has 2 rings (SSSR count). The van der Waals surface area contributed by atoms with Gasteiger partial charge in [0.1, 0.15) is 0 Å². The van der Waals surface area contributed by atoms with Crippen LogP contribution in [0.5, 0.6) is 0 Å². The Kier molecular flexibility index (Phi) is 4.33. The maximum Gasteiger partial charge on any atom is 0.311 e. The summed E-state index contributed by atoms with van der Waals surface area (Å²) >= 11 is 0. The Hall–Kier alpha value is -1.39. The molecule has 1 aromatic carbocycles. The van der Waals surface area contributed by atoms with Gasteiger partial charge in [0.2, 0.25) is 0 Å². The van der Waals surface area contributed by atoms with Crippen LogP contribution in [-0.4, -0.2) is 17.6 Å². The third-order valence-corrected chi connectivity index (χ3v) is 3.61. The number of benzene rings is 1. The summed E-state index contributed by atoms with van der Waals surface area (Å²) in [5.41, 5.74) is 3.26. The van der Waals surface area contributed by atoms with E-state index in [1.54, 1.807) is 0 Å². The molecule has 18 heavy (non-hydrogen) atoms. The van der Waals surface area contributed by atoms with Gasteiger partial charge in [0.05, 0.1) is 12.0 Å². The Balaban J connectivity index is 1.76. The van der Waals surface area contributed by atoms with Gasteiger partial charge in [-0.2, -0.15) is 0 Å². The summed E-state index contributed by atoms with van der Waals surface area (Å²) in [4.78, 5) is 16.6. The van der Waals surface area contributed by atoms with Gasteiger partial charge in [0, 0.05) is 6.54 Å². The Morgan fingerprint density at radius 1 is 1.28 bits per heavy atom. The third kappa shape index (κ3) is 3.09. The normalized spacial score (nSPS) is 17.8. The van der Waals surface area contributed by atoms with Crippen LogP contribution in [0.3, 0.4) is 0 Å². The van der Waals surface area contributed by atoms with Gasteiger partial charge in [-0.15, -0.1) is 0 Å². The van der Waals surface area contributed by atoms with Crippen molar-refractivity contribution in [3.05, 3.63) is 35.9 Å². The highest BCUT2D eigenvalue weighted by molar-refractivity contribution is 5.75. The Labute approximate surface area is 107 Å². The maximum atomic E-state index is 11.3. The molecule has 4 heteroatoms. The molecule has 0 unspecified atom stereocenters. The van der Waals surface area contributed by atoms with E-state index < -0.39 is 11.4 Å². The monoisotopic (exact) mass is 249 g/mol. The van der Waals surface area contributed by atoms with E-state index in [1.165, 1.54) is 0 Å². The molecule has 1 fully saturated rings. The van der Waals surface area contributed by atoms with Gasteiger partial charge < -0.3 is 5.11 Å². The predicted molar refractivity (Wildman–Crippen MR) is 67.8 cm³/mol. The number of rotatable bonds is 6. The first-order chi connectivity index (χ1) is 8.73. The van der Waals surface area contributed by atoms with E-state index >= 15 is 0 Å². The van der Waals surface area contributed by atoms with Crippen molar-refractivity contribution in [2.24, 2.45) is 5.41 Å². The molecular formula is C14H19NO3. The van der Waals surface area contributed by atoms with Crippen LogP contribution >= 0.6 is 0 Å². The van der Waals surface area contributed by atoms with Crippen molar-refractivity contribution in [3.8, 4) is 0 Å². The maximum absolute atomic E-state index is 11.3. The molecule has 1 aliphatic carbocycles. The number of aliphatic carboxylic acids is 1. The number of carbonyl (C=O) groups is 1. The molecule has 1 aliphatic rings. The van der Waals surface area contributed by atoms with Crippen molar-refractivity contribution in [2.75, 3.05) is 6.54 Å². The highest BCUT2D eigenvalue weighted by Crippen LogP contribution is 2.37. The standard InChI is InChI=1S/C14H19NO3/c16-13(17)14(8-4-5-9-14)11-15-18-10-12-6-2-1-3-7-12/h1-3,6-7,15H,4-5,8-11H2,(H,16,17). The van der Waals surface area contributed by atoms with E-state index in [4.69, 9.17) is 4.84 Å². The number of carboxylic acids is 1. The summed E-state index contributed by atoms with van der Waals surface area (Å²) < 4.78 is 0. The van der Waals surface area contributed by atoms with Crippen LogP contribution in [0.1, 0.15) is 31.2 Å². The van der Waals surface area contributed by atoms with Crippen LogP contribution in [0.15, 0.2) is 30.3 Å². The zero-order valence-electron chi connectivity index (χ0n) is 10.4. The molecule has 0 bridgehead atoms. The van der Waals surface area contributed by atoms with Crippen molar-refractivity contribution in [1.82, 2.24) is 5.48 Å². The molecule has 4 nitrogen and oxygen atoms in total. The SMILES string of the molecule is O=C(O)C1(CNOCc2ccccc2)CCCC1.